The van der Waals surface area contributed by atoms with E-state index in [1.54, 1.807) is 0 Å². The molecule has 0 amide bonds. The molecule has 0 spiro atoms. The molecule has 1 aromatic heterocycles. The van der Waals surface area contributed by atoms with Gasteiger partial charge >= 0.3 is 0 Å². The second-order valence-electron chi connectivity index (χ2n) is 4.40. The van der Waals surface area contributed by atoms with Gasteiger partial charge in [0.15, 0.2) is 0 Å². The van der Waals surface area contributed by atoms with Crippen molar-refractivity contribution >= 4 is 10.9 Å². The fraction of sp³-hybridized carbons (Fsp3) is 0.0588. The number of hydrogen-bond donors (Lipinski definition) is 0. The van der Waals surface area contributed by atoms with Crippen LogP contribution in [0.4, 0.5) is 0 Å². The Labute approximate surface area is 112 Å². The molecule has 2 nitrogen and oxygen atoms in total. The van der Waals surface area contributed by atoms with Gasteiger partial charge in [-0.1, -0.05) is 54.6 Å². The Morgan fingerprint density at radius 3 is 2.37 bits per heavy atom. The summed E-state index contributed by atoms with van der Waals surface area (Å²) in [5.74, 6) is -0.314. The van der Waals surface area contributed by atoms with Gasteiger partial charge in [0.05, 0.1) is 17.3 Å². The third-order valence-electron chi connectivity index (χ3n) is 3.18. The molecule has 19 heavy (non-hydrogen) atoms. The highest BCUT2D eigenvalue weighted by atomic mass is 14.7. The summed E-state index contributed by atoms with van der Waals surface area (Å²) in [6.45, 7) is 0. The van der Waals surface area contributed by atoms with E-state index < -0.39 is 0 Å². The van der Waals surface area contributed by atoms with Crippen molar-refractivity contribution in [3.8, 4) is 6.07 Å². The molecule has 0 bridgehead atoms. The summed E-state index contributed by atoms with van der Waals surface area (Å²) in [7, 11) is 0. The zero-order valence-corrected chi connectivity index (χ0v) is 10.3. The highest BCUT2D eigenvalue weighted by molar-refractivity contribution is 5.78. The number of para-hydroxylation sites is 1. The lowest BCUT2D eigenvalue weighted by Crippen LogP contribution is -2.00. The van der Waals surface area contributed by atoms with Gasteiger partial charge in [-0.3, -0.25) is 4.98 Å². The fourth-order valence-electron chi connectivity index (χ4n) is 2.20. The zero-order valence-electron chi connectivity index (χ0n) is 10.3. The van der Waals surface area contributed by atoms with Gasteiger partial charge in [0.2, 0.25) is 0 Å². The van der Waals surface area contributed by atoms with Gasteiger partial charge in [-0.25, -0.2) is 0 Å². The number of fused-ring (bicyclic) bond motifs is 1. The van der Waals surface area contributed by atoms with Gasteiger partial charge in [0.1, 0.15) is 5.92 Å². The van der Waals surface area contributed by atoms with Crippen molar-refractivity contribution in [3.63, 3.8) is 0 Å². The average Bonchev–Trinajstić information content (AvgIpc) is 2.49. The highest BCUT2D eigenvalue weighted by Gasteiger charge is 2.14. The standard InChI is InChI=1S/C17H12N2/c18-12-15(13-6-2-1-3-7-13)17-11-10-14-8-4-5-9-16(14)19-17/h1-11,15H/t15-/m1/s1. The normalized spacial score (nSPS) is 11.9. The molecule has 0 aliphatic carbocycles. The first-order valence-electron chi connectivity index (χ1n) is 6.19. The van der Waals surface area contributed by atoms with Crippen LogP contribution in [0.2, 0.25) is 0 Å². The number of rotatable bonds is 2. The maximum Gasteiger partial charge on any atom is 0.113 e. The molecule has 3 rings (SSSR count). The third kappa shape index (κ3) is 2.19. The summed E-state index contributed by atoms with van der Waals surface area (Å²) in [6, 6.07) is 24.0. The van der Waals surface area contributed by atoms with Crippen LogP contribution in [-0.4, -0.2) is 4.98 Å². The molecule has 2 aromatic carbocycles. The second-order valence-corrected chi connectivity index (χ2v) is 4.40. The van der Waals surface area contributed by atoms with Gasteiger partial charge in [-0.2, -0.15) is 5.26 Å². The molecule has 0 radical (unpaired) electrons. The van der Waals surface area contributed by atoms with Gasteiger partial charge in [0, 0.05) is 5.39 Å². The monoisotopic (exact) mass is 244 g/mol. The van der Waals surface area contributed by atoms with Gasteiger partial charge in [0.25, 0.3) is 0 Å². The molecule has 3 aromatic rings. The van der Waals surface area contributed by atoms with E-state index in [9.17, 15) is 5.26 Å². The van der Waals surface area contributed by atoms with Crippen molar-refractivity contribution in [3.05, 3.63) is 78.0 Å². The first kappa shape index (κ1) is 11.4. The summed E-state index contributed by atoms with van der Waals surface area (Å²) < 4.78 is 0. The van der Waals surface area contributed by atoms with E-state index in [1.807, 2.05) is 66.7 Å². The minimum absolute atomic E-state index is 0.314. The van der Waals surface area contributed by atoms with Gasteiger partial charge in [-0.15, -0.1) is 0 Å². The van der Waals surface area contributed by atoms with Crippen molar-refractivity contribution in [2.24, 2.45) is 0 Å². The molecular weight excluding hydrogens is 232 g/mol. The van der Waals surface area contributed by atoms with Crippen LogP contribution >= 0.6 is 0 Å². The summed E-state index contributed by atoms with van der Waals surface area (Å²) in [5.41, 5.74) is 2.70. The lowest BCUT2D eigenvalue weighted by atomic mass is 9.96. The first-order valence-corrected chi connectivity index (χ1v) is 6.19. The maximum atomic E-state index is 9.41. The van der Waals surface area contributed by atoms with Crippen LogP contribution in [0.25, 0.3) is 10.9 Å². The van der Waals surface area contributed by atoms with E-state index in [0.29, 0.717) is 0 Å². The molecule has 0 saturated heterocycles. The SMILES string of the molecule is N#C[C@H](c1ccccc1)c1ccc2ccccc2n1. The molecule has 0 saturated carbocycles. The van der Waals surface area contributed by atoms with Crippen LogP contribution < -0.4 is 0 Å². The first-order chi connectivity index (χ1) is 9.38. The number of benzene rings is 2. The summed E-state index contributed by atoms with van der Waals surface area (Å²) >= 11 is 0. The number of aromatic nitrogens is 1. The largest absolute Gasteiger partial charge is 0.251 e. The Bertz CT molecular complexity index is 742. The summed E-state index contributed by atoms with van der Waals surface area (Å²) in [4.78, 5) is 4.60. The van der Waals surface area contributed by atoms with E-state index in [-0.39, 0.29) is 5.92 Å². The Kier molecular flexibility index (Phi) is 2.96. The molecule has 0 aliphatic heterocycles. The summed E-state index contributed by atoms with van der Waals surface area (Å²) in [5, 5.41) is 10.5. The Morgan fingerprint density at radius 1 is 0.842 bits per heavy atom. The third-order valence-corrected chi connectivity index (χ3v) is 3.18. The van der Waals surface area contributed by atoms with Crippen molar-refractivity contribution in [2.75, 3.05) is 0 Å². The molecule has 0 N–H and O–H groups in total. The quantitative estimate of drug-likeness (QED) is 0.685. The molecule has 0 unspecified atom stereocenters. The average molecular weight is 244 g/mol. The van der Waals surface area contributed by atoms with Crippen LogP contribution in [0.15, 0.2) is 66.7 Å². The van der Waals surface area contributed by atoms with E-state index >= 15 is 0 Å². The van der Waals surface area contributed by atoms with Crippen molar-refractivity contribution in [1.29, 1.82) is 5.26 Å². The van der Waals surface area contributed by atoms with E-state index in [0.717, 1.165) is 22.2 Å². The van der Waals surface area contributed by atoms with Crippen LogP contribution in [0.3, 0.4) is 0 Å². The van der Waals surface area contributed by atoms with Crippen LogP contribution in [0, 0.1) is 11.3 Å². The van der Waals surface area contributed by atoms with E-state index in [1.165, 1.54) is 0 Å². The molecule has 0 fully saturated rings. The van der Waals surface area contributed by atoms with Crippen molar-refractivity contribution in [1.82, 2.24) is 4.98 Å². The minimum Gasteiger partial charge on any atom is -0.251 e. The minimum atomic E-state index is -0.314. The lowest BCUT2D eigenvalue weighted by Gasteiger charge is -2.09. The maximum absolute atomic E-state index is 9.41. The van der Waals surface area contributed by atoms with E-state index in [4.69, 9.17) is 0 Å². The molecule has 0 aliphatic rings. The number of pyridine rings is 1. The van der Waals surface area contributed by atoms with Gasteiger partial charge < -0.3 is 0 Å². The van der Waals surface area contributed by atoms with E-state index in [2.05, 4.69) is 11.1 Å². The fourth-order valence-corrected chi connectivity index (χ4v) is 2.20. The smallest absolute Gasteiger partial charge is 0.113 e. The van der Waals surface area contributed by atoms with Crippen molar-refractivity contribution < 1.29 is 0 Å². The predicted molar refractivity (Wildman–Crippen MR) is 75.6 cm³/mol. The Hall–Kier alpha value is -2.66. The molecular formula is C17H12N2. The predicted octanol–water partition coefficient (Wildman–Crippen LogP) is 3.89. The highest BCUT2D eigenvalue weighted by Crippen LogP contribution is 2.24. The lowest BCUT2D eigenvalue weighted by molar-refractivity contribution is 0.980. The van der Waals surface area contributed by atoms with Gasteiger partial charge in [-0.05, 0) is 17.7 Å². The number of nitrogens with zero attached hydrogens (tertiary/aromatic N) is 2. The number of nitriles is 1. The Morgan fingerprint density at radius 2 is 1.58 bits per heavy atom. The second kappa shape index (κ2) is 4.91. The van der Waals surface area contributed by atoms with Crippen LogP contribution in [0.1, 0.15) is 17.2 Å². The zero-order chi connectivity index (χ0) is 13.1. The van der Waals surface area contributed by atoms with Crippen LogP contribution in [-0.2, 0) is 0 Å². The molecule has 90 valence electrons. The van der Waals surface area contributed by atoms with Crippen molar-refractivity contribution in [2.45, 2.75) is 5.92 Å². The Balaban J connectivity index is 2.10. The molecule has 1 atom stereocenters. The topological polar surface area (TPSA) is 36.7 Å². The summed E-state index contributed by atoms with van der Waals surface area (Å²) in [6.07, 6.45) is 0. The molecule has 1 heterocycles. The van der Waals surface area contributed by atoms with Crippen LogP contribution in [0.5, 0.6) is 0 Å². The number of hydrogen-bond acceptors (Lipinski definition) is 2. The molecule has 2 heteroatoms.